The second-order valence-electron chi connectivity index (χ2n) is 9.51. The molecular formula is C27H30FN3O7S. The van der Waals surface area contributed by atoms with E-state index in [4.69, 9.17) is 9.47 Å². The van der Waals surface area contributed by atoms with Gasteiger partial charge in [0.05, 0.1) is 42.9 Å². The van der Waals surface area contributed by atoms with Crippen LogP contribution in [-0.2, 0) is 29.1 Å². The molecule has 1 atom stereocenters. The first-order valence-corrected chi connectivity index (χ1v) is 14.2. The van der Waals surface area contributed by atoms with Gasteiger partial charge in [-0.15, -0.1) is 0 Å². The summed E-state index contributed by atoms with van der Waals surface area (Å²) in [6.07, 6.45) is 0. The SMILES string of the molecule is O=C1C(=O)N(CCN2CCOCC2)C(c2ccccc2F)C1=C(O)c1ccc(S(=O)(=O)N2CCOCC2)cc1. The first-order chi connectivity index (χ1) is 18.8. The maximum atomic E-state index is 15.0. The van der Waals surface area contributed by atoms with Crippen molar-refractivity contribution in [2.45, 2.75) is 10.9 Å². The first kappa shape index (κ1) is 27.4. The van der Waals surface area contributed by atoms with Gasteiger partial charge < -0.3 is 19.5 Å². The second kappa shape index (κ2) is 11.5. The number of hydrogen-bond donors (Lipinski definition) is 1. The predicted octanol–water partition coefficient (Wildman–Crippen LogP) is 1.60. The smallest absolute Gasteiger partial charge is 0.295 e. The van der Waals surface area contributed by atoms with Gasteiger partial charge in [0.1, 0.15) is 11.6 Å². The number of sulfonamides is 1. The number of benzene rings is 2. The molecule has 1 amide bonds. The summed E-state index contributed by atoms with van der Waals surface area (Å²) in [6, 6.07) is 10.1. The molecule has 2 aromatic rings. The molecule has 0 aromatic heterocycles. The fourth-order valence-corrected chi connectivity index (χ4v) is 6.49. The second-order valence-corrected chi connectivity index (χ2v) is 11.4. The lowest BCUT2D eigenvalue weighted by atomic mass is 9.95. The van der Waals surface area contributed by atoms with E-state index in [-0.39, 0.29) is 41.2 Å². The van der Waals surface area contributed by atoms with Crippen molar-refractivity contribution in [1.82, 2.24) is 14.1 Å². The normalized spacial score (nSPS) is 22.9. The van der Waals surface area contributed by atoms with Gasteiger partial charge in [-0.1, -0.05) is 18.2 Å². The highest BCUT2D eigenvalue weighted by atomic mass is 32.2. The summed E-state index contributed by atoms with van der Waals surface area (Å²) in [5, 5.41) is 11.3. The van der Waals surface area contributed by atoms with Gasteiger partial charge in [-0.25, -0.2) is 12.8 Å². The van der Waals surface area contributed by atoms with E-state index in [1.54, 1.807) is 6.07 Å². The Hall–Kier alpha value is -3.16. The van der Waals surface area contributed by atoms with Gasteiger partial charge in [0.15, 0.2) is 0 Å². The number of ether oxygens (including phenoxy) is 2. The van der Waals surface area contributed by atoms with Crippen LogP contribution < -0.4 is 0 Å². The summed E-state index contributed by atoms with van der Waals surface area (Å²) in [5.41, 5.74) is -0.00828. The Kier molecular flexibility index (Phi) is 8.10. The molecule has 3 saturated heterocycles. The number of nitrogens with zero attached hydrogens (tertiary/aromatic N) is 3. The monoisotopic (exact) mass is 559 g/mol. The zero-order chi connectivity index (χ0) is 27.6. The number of aliphatic hydroxyl groups excluding tert-OH is 1. The maximum absolute atomic E-state index is 15.0. The lowest BCUT2D eigenvalue weighted by molar-refractivity contribution is -0.140. The molecule has 3 aliphatic heterocycles. The Labute approximate surface area is 226 Å². The standard InChI is InChI=1S/C27H30FN3O7S/c28-22-4-2-1-3-21(22)24-23(26(33)27(34)31(24)10-9-29-11-15-37-16-12-29)25(32)19-5-7-20(8-6-19)39(35,36)30-13-17-38-18-14-30/h1-8,24,32H,9-18H2. The third kappa shape index (κ3) is 5.48. The zero-order valence-corrected chi connectivity index (χ0v) is 22.1. The van der Waals surface area contributed by atoms with Crippen LogP contribution in [0.25, 0.3) is 5.76 Å². The number of amides is 1. The lowest BCUT2D eigenvalue weighted by Gasteiger charge is -2.31. The quantitative estimate of drug-likeness (QED) is 0.309. The maximum Gasteiger partial charge on any atom is 0.295 e. The highest BCUT2D eigenvalue weighted by Crippen LogP contribution is 2.40. The number of Topliss-reactive ketones (excluding diaryl/α,β-unsaturated/α-hetero) is 1. The summed E-state index contributed by atoms with van der Waals surface area (Å²) in [6.45, 7) is 4.16. The Morgan fingerprint density at radius 1 is 0.897 bits per heavy atom. The van der Waals surface area contributed by atoms with E-state index in [1.807, 2.05) is 0 Å². The van der Waals surface area contributed by atoms with Gasteiger partial charge >= 0.3 is 0 Å². The van der Waals surface area contributed by atoms with E-state index in [9.17, 15) is 23.1 Å². The van der Waals surface area contributed by atoms with E-state index in [0.29, 0.717) is 46.1 Å². The van der Waals surface area contributed by atoms with Crippen LogP contribution in [0.15, 0.2) is 59.0 Å². The molecule has 1 N–H and O–H groups in total. The van der Waals surface area contributed by atoms with Crippen LogP contribution >= 0.6 is 0 Å². The highest BCUT2D eigenvalue weighted by Gasteiger charge is 2.47. The molecule has 3 fully saturated rings. The lowest BCUT2D eigenvalue weighted by Crippen LogP contribution is -2.42. The zero-order valence-electron chi connectivity index (χ0n) is 21.3. The molecule has 0 radical (unpaired) electrons. The topological polar surface area (TPSA) is 117 Å². The molecule has 3 aliphatic rings. The van der Waals surface area contributed by atoms with Gasteiger partial charge in [0.2, 0.25) is 10.0 Å². The molecule has 2 aromatic carbocycles. The number of likely N-dealkylation sites (tertiary alicyclic amines) is 1. The number of hydrogen-bond acceptors (Lipinski definition) is 8. The van der Waals surface area contributed by atoms with Crippen LogP contribution in [0.1, 0.15) is 17.2 Å². The number of morpholine rings is 2. The molecule has 12 heteroatoms. The van der Waals surface area contributed by atoms with Crippen molar-refractivity contribution in [3.8, 4) is 0 Å². The van der Waals surface area contributed by atoms with Gasteiger partial charge in [0.25, 0.3) is 11.7 Å². The summed E-state index contributed by atoms with van der Waals surface area (Å²) < 4.78 is 52.9. The minimum Gasteiger partial charge on any atom is -0.507 e. The highest BCUT2D eigenvalue weighted by molar-refractivity contribution is 7.89. The molecule has 1 unspecified atom stereocenters. The van der Waals surface area contributed by atoms with Crippen molar-refractivity contribution in [2.75, 3.05) is 65.7 Å². The van der Waals surface area contributed by atoms with Crippen LogP contribution in [0.4, 0.5) is 4.39 Å². The largest absolute Gasteiger partial charge is 0.507 e. The molecule has 3 heterocycles. The minimum absolute atomic E-state index is 0.0255. The molecule has 10 nitrogen and oxygen atoms in total. The predicted molar refractivity (Wildman–Crippen MR) is 139 cm³/mol. The molecule has 0 saturated carbocycles. The molecule has 39 heavy (non-hydrogen) atoms. The Morgan fingerprint density at radius 2 is 1.51 bits per heavy atom. The number of aliphatic hydroxyl groups is 1. The van der Waals surface area contributed by atoms with E-state index >= 15 is 4.39 Å². The molecule has 208 valence electrons. The first-order valence-electron chi connectivity index (χ1n) is 12.8. The van der Waals surface area contributed by atoms with Crippen molar-refractivity contribution in [1.29, 1.82) is 0 Å². The summed E-state index contributed by atoms with van der Waals surface area (Å²) in [7, 11) is -3.77. The fourth-order valence-electron chi connectivity index (χ4n) is 5.08. The van der Waals surface area contributed by atoms with Crippen molar-refractivity contribution in [3.63, 3.8) is 0 Å². The van der Waals surface area contributed by atoms with Gasteiger partial charge in [-0.2, -0.15) is 4.31 Å². The van der Waals surface area contributed by atoms with Gasteiger partial charge in [0, 0.05) is 50.4 Å². The summed E-state index contributed by atoms with van der Waals surface area (Å²) in [5.74, 6) is -2.86. The molecule has 0 bridgehead atoms. The van der Waals surface area contributed by atoms with Crippen LogP contribution in [0, 0.1) is 5.82 Å². The fraction of sp³-hybridized carbons (Fsp3) is 0.407. The van der Waals surface area contributed by atoms with E-state index in [2.05, 4.69) is 4.90 Å². The minimum atomic E-state index is -3.77. The van der Waals surface area contributed by atoms with Crippen molar-refractivity contribution >= 4 is 27.5 Å². The Morgan fingerprint density at radius 3 is 2.15 bits per heavy atom. The summed E-state index contributed by atoms with van der Waals surface area (Å²) in [4.78, 5) is 29.8. The molecular weight excluding hydrogens is 529 g/mol. The number of rotatable bonds is 7. The molecule has 0 aliphatic carbocycles. The number of carbonyl (C=O) groups excluding carboxylic acids is 2. The van der Waals surface area contributed by atoms with Crippen LogP contribution in [0.3, 0.4) is 0 Å². The number of halogens is 1. The van der Waals surface area contributed by atoms with E-state index in [0.717, 1.165) is 0 Å². The van der Waals surface area contributed by atoms with Crippen molar-refractivity contribution < 1.29 is 37.0 Å². The molecule has 0 spiro atoms. The van der Waals surface area contributed by atoms with E-state index < -0.39 is 39.3 Å². The van der Waals surface area contributed by atoms with Crippen LogP contribution in [0.5, 0.6) is 0 Å². The average molecular weight is 560 g/mol. The van der Waals surface area contributed by atoms with E-state index in [1.165, 1.54) is 51.7 Å². The van der Waals surface area contributed by atoms with Crippen LogP contribution in [0.2, 0.25) is 0 Å². The third-order valence-electron chi connectivity index (χ3n) is 7.24. The van der Waals surface area contributed by atoms with Crippen LogP contribution in [-0.4, -0.2) is 105 Å². The average Bonchev–Trinajstić information content (AvgIpc) is 3.22. The Bertz CT molecular complexity index is 1370. The Balaban J connectivity index is 1.49. The number of carbonyl (C=O) groups is 2. The summed E-state index contributed by atoms with van der Waals surface area (Å²) >= 11 is 0. The van der Waals surface area contributed by atoms with Crippen molar-refractivity contribution in [3.05, 3.63) is 71.0 Å². The van der Waals surface area contributed by atoms with Gasteiger partial charge in [-0.3, -0.25) is 14.5 Å². The third-order valence-corrected chi connectivity index (χ3v) is 9.15. The van der Waals surface area contributed by atoms with Gasteiger partial charge in [-0.05, 0) is 30.3 Å². The number of ketones is 1. The molecule has 5 rings (SSSR count). The van der Waals surface area contributed by atoms with Crippen molar-refractivity contribution in [2.24, 2.45) is 0 Å².